The fraction of sp³-hybridized carbons (Fsp3) is 0.158. The first-order valence-corrected chi connectivity index (χ1v) is 10.4. The van der Waals surface area contributed by atoms with Gasteiger partial charge in [0.25, 0.3) is 5.91 Å². The molecular weight excluding hydrogens is 402 g/mol. The zero-order valence-electron chi connectivity index (χ0n) is 15.2. The molecule has 1 amide bonds. The van der Waals surface area contributed by atoms with Crippen LogP contribution in [0, 0.1) is 0 Å². The molecule has 0 aliphatic heterocycles. The molecule has 0 aliphatic rings. The lowest BCUT2D eigenvalue weighted by Crippen LogP contribution is -2.39. The molecule has 0 atom stereocenters. The largest absolute Gasteiger partial charge is 0.490 e. The van der Waals surface area contributed by atoms with Crippen molar-refractivity contribution in [2.75, 3.05) is 23.7 Å². The smallest absolute Gasteiger partial charge is 0.260 e. The van der Waals surface area contributed by atoms with Gasteiger partial charge in [-0.1, -0.05) is 42.5 Å². The van der Waals surface area contributed by atoms with E-state index in [-0.39, 0.29) is 0 Å². The average molecular weight is 422 g/mol. The Labute approximate surface area is 169 Å². The van der Waals surface area contributed by atoms with Crippen LogP contribution in [0.4, 0.5) is 5.69 Å². The maximum absolute atomic E-state index is 12.2. The van der Waals surface area contributed by atoms with E-state index >= 15 is 0 Å². The fourth-order valence-corrected chi connectivity index (χ4v) is 3.25. The van der Waals surface area contributed by atoms with Crippen LogP contribution in [0.25, 0.3) is 0 Å². The number of halogens is 1. The summed E-state index contributed by atoms with van der Waals surface area (Å²) in [6.45, 7) is 3.53. The Bertz CT molecular complexity index is 977. The molecule has 0 unspecified atom stereocenters. The molecule has 2 aromatic rings. The maximum Gasteiger partial charge on any atom is 0.260 e. The van der Waals surface area contributed by atoms with Gasteiger partial charge < -0.3 is 4.74 Å². The molecule has 1 N–H and O–H groups in total. The number of hydrogen-bond acceptors (Lipinski definition) is 5. The molecule has 7 nitrogen and oxygen atoms in total. The number of anilines is 1. The van der Waals surface area contributed by atoms with Gasteiger partial charge in [0.2, 0.25) is 10.0 Å². The van der Waals surface area contributed by atoms with Crippen LogP contribution in [-0.4, -0.2) is 39.9 Å². The Hall–Kier alpha value is -2.84. The Kier molecular flexibility index (Phi) is 7.60. The van der Waals surface area contributed by atoms with Crippen molar-refractivity contribution < 1.29 is 17.9 Å². The number of ether oxygens (including phenoxy) is 1. The number of nitrogens with zero attached hydrogens (tertiary/aromatic N) is 2. The third kappa shape index (κ3) is 6.71. The molecule has 148 valence electrons. The number of nitrogens with one attached hydrogen (secondary N) is 1. The molecule has 28 heavy (non-hydrogen) atoms. The molecule has 0 radical (unpaired) electrons. The first kappa shape index (κ1) is 21.5. The molecule has 2 rings (SSSR count). The molecule has 0 bridgehead atoms. The zero-order valence-corrected chi connectivity index (χ0v) is 16.8. The van der Waals surface area contributed by atoms with E-state index in [0.29, 0.717) is 28.6 Å². The lowest BCUT2D eigenvalue weighted by atomic mass is 10.2. The highest BCUT2D eigenvalue weighted by Crippen LogP contribution is 2.21. The lowest BCUT2D eigenvalue weighted by molar-refractivity contribution is -0.119. The normalized spacial score (nSPS) is 11.2. The SMILES string of the molecule is C=CCOc1cccc(/C=N\NC(=O)CN(c2cccc(Cl)c2)S(C)(=O)=O)c1. The first-order chi connectivity index (χ1) is 13.3. The molecule has 0 spiro atoms. The van der Waals surface area contributed by atoms with Gasteiger partial charge in [0.05, 0.1) is 18.2 Å². The molecule has 0 fully saturated rings. The number of sulfonamides is 1. The second-order valence-corrected chi connectivity index (χ2v) is 8.06. The van der Waals surface area contributed by atoms with Crippen molar-refractivity contribution in [2.45, 2.75) is 0 Å². The van der Waals surface area contributed by atoms with E-state index in [2.05, 4.69) is 17.1 Å². The van der Waals surface area contributed by atoms with E-state index in [4.69, 9.17) is 16.3 Å². The fourth-order valence-electron chi connectivity index (χ4n) is 2.22. The van der Waals surface area contributed by atoms with Crippen LogP contribution >= 0.6 is 11.6 Å². The summed E-state index contributed by atoms with van der Waals surface area (Å²) >= 11 is 5.91. The Morgan fingerprint density at radius 1 is 1.29 bits per heavy atom. The minimum absolute atomic E-state index is 0.293. The summed E-state index contributed by atoms with van der Waals surface area (Å²) in [6.07, 6.45) is 4.08. The Morgan fingerprint density at radius 2 is 2.04 bits per heavy atom. The van der Waals surface area contributed by atoms with Gasteiger partial charge in [0, 0.05) is 5.02 Å². The third-order valence-electron chi connectivity index (χ3n) is 3.41. The number of carbonyl (C=O) groups excluding carboxylic acids is 1. The maximum atomic E-state index is 12.2. The van der Waals surface area contributed by atoms with E-state index in [0.717, 1.165) is 10.6 Å². The number of carbonyl (C=O) groups is 1. The minimum Gasteiger partial charge on any atom is -0.490 e. The topological polar surface area (TPSA) is 88.1 Å². The second kappa shape index (κ2) is 9.91. The number of hydrazone groups is 1. The van der Waals surface area contributed by atoms with Crippen molar-refractivity contribution >= 4 is 39.4 Å². The van der Waals surface area contributed by atoms with Gasteiger partial charge in [-0.25, -0.2) is 13.8 Å². The van der Waals surface area contributed by atoms with E-state index in [1.54, 1.807) is 48.5 Å². The van der Waals surface area contributed by atoms with Crippen LogP contribution < -0.4 is 14.5 Å². The average Bonchev–Trinajstić information content (AvgIpc) is 2.64. The number of rotatable bonds is 9. The Balaban J connectivity index is 2.03. The lowest BCUT2D eigenvalue weighted by Gasteiger charge is -2.21. The molecule has 2 aromatic carbocycles. The van der Waals surface area contributed by atoms with Crippen LogP contribution in [0.15, 0.2) is 66.3 Å². The van der Waals surface area contributed by atoms with Gasteiger partial charge in [-0.3, -0.25) is 9.10 Å². The summed E-state index contributed by atoms with van der Waals surface area (Å²) in [5.74, 6) is 0.0418. The molecule has 0 aliphatic carbocycles. The number of amides is 1. The van der Waals surface area contributed by atoms with Crippen molar-refractivity contribution in [2.24, 2.45) is 5.10 Å². The monoisotopic (exact) mass is 421 g/mol. The quantitative estimate of drug-likeness (QED) is 0.383. The van der Waals surface area contributed by atoms with Crippen LogP contribution in [0.2, 0.25) is 5.02 Å². The van der Waals surface area contributed by atoms with E-state index < -0.39 is 22.5 Å². The van der Waals surface area contributed by atoms with Gasteiger partial charge in [-0.05, 0) is 35.9 Å². The molecule has 0 heterocycles. The van der Waals surface area contributed by atoms with Crippen molar-refractivity contribution in [3.8, 4) is 5.75 Å². The molecule has 0 aromatic heterocycles. The van der Waals surface area contributed by atoms with Gasteiger partial charge in [-0.2, -0.15) is 5.10 Å². The van der Waals surface area contributed by atoms with Crippen LogP contribution in [-0.2, 0) is 14.8 Å². The van der Waals surface area contributed by atoms with E-state index in [9.17, 15) is 13.2 Å². The minimum atomic E-state index is -3.68. The summed E-state index contributed by atoms with van der Waals surface area (Å²) in [5, 5.41) is 4.23. The summed E-state index contributed by atoms with van der Waals surface area (Å²) < 4.78 is 30.5. The van der Waals surface area contributed by atoms with Crippen LogP contribution in [0.1, 0.15) is 5.56 Å². The van der Waals surface area contributed by atoms with Gasteiger partial charge in [-0.15, -0.1) is 0 Å². The third-order valence-corrected chi connectivity index (χ3v) is 4.79. The summed E-state index contributed by atoms with van der Waals surface area (Å²) in [4.78, 5) is 12.2. The van der Waals surface area contributed by atoms with Crippen LogP contribution in [0.3, 0.4) is 0 Å². The van der Waals surface area contributed by atoms with E-state index in [1.807, 2.05) is 0 Å². The first-order valence-electron chi connectivity index (χ1n) is 8.18. The number of benzene rings is 2. The van der Waals surface area contributed by atoms with Gasteiger partial charge in [0.1, 0.15) is 18.9 Å². The predicted molar refractivity (Wildman–Crippen MR) is 112 cm³/mol. The highest BCUT2D eigenvalue weighted by Gasteiger charge is 2.20. The van der Waals surface area contributed by atoms with E-state index in [1.165, 1.54) is 12.3 Å². The van der Waals surface area contributed by atoms with Crippen molar-refractivity contribution in [1.29, 1.82) is 0 Å². The molecule has 9 heteroatoms. The van der Waals surface area contributed by atoms with Gasteiger partial charge >= 0.3 is 0 Å². The summed E-state index contributed by atoms with van der Waals surface area (Å²) in [5.41, 5.74) is 3.31. The molecular formula is C19H20ClN3O4S. The Morgan fingerprint density at radius 3 is 2.71 bits per heavy atom. The molecule has 0 saturated heterocycles. The molecule has 0 saturated carbocycles. The van der Waals surface area contributed by atoms with Crippen LogP contribution in [0.5, 0.6) is 5.75 Å². The number of hydrogen-bond donors (Lipinski definition) is 1. The summed E-state index contributed by atoms with van der Waals surface area (Å²) in [7, 11) is -3.68. The van der Waals surface area contributed by atoms with Crippen molar-refractivity contribution in [1.82, 2.24) is 5.43 Å². The second-order valence-electron chi connectivity index (χ2n) is 5.71. The van der Waals surface area contributed by atoms with Crippen molar-refractivity contribution in [3.05, 3.63) is 71.8 Å². The highest BCUT2D eigenvalue weighted by molar-refractivity contribution is 7.92. The standard InChI is InChI=1S/C19H20ClN3O4S/c1-3-10-27-18-9-4-6-15(11-18)13-21-22-19(24)14-23(28(2,25)26)17-8-5-7-16(20)12-17/h3-9,11-13H,1,10,14H2,2H3,(H,22,24)/b21-13-. The zero-order chi connectivity index (χ0) is 20.6. The highest BCUT2D eigenvalue weighted by atomic mass is 35.5. The predicted octanol–water partition coefficient (Wildman–Crippen LogP) is 2.82. The summed E-state index contributed by atoms with van der Waals surface area (Å²) in [6, 6.07) is 13.3. The van der Waals surface area contributed by atoms with Gasteiger partial charge in [0.15, 0.2) is 0 Å². The van der Waals surface area contributed by atoms with Crippen molar-refractivity contribution in [3.63, 3.8) is 0 Å².